The van der Waals surface area contributed by atoms with Gasteiger partial charge in [0.15, 0.2) is 5.11 Å². The van der Waals surface area contributed by atoms with Gasteiger partial charge in [-0.15, -0.1) is 0 Å². The molecule has 10 nitrogen and oxygen atoms in total. The van der Waals surface area contributed by atoms with E-state index in [1.807, 2.05) is 0 Å². The number of thiocarbonyl (C=S) groups is 1. The molecule has 0 atom stereocenters. The summed E-state index contributed by atoms with van der Waals surface area (Å²) in [6, 6.07) is 15.3. The van der Waals surface area contributed by atoms with Crippen LogP contribution in [0, 0.1) is 0 Å². The number of nitrogens with one attached hydrogen (secondary N) is 3. The van der Waals surface area contributed by atoms with Gasteiger partial charge in [0.25, 0.3) is 0 Å². The fraction of sp³-hybridized carbons (Fsp3) is 0.433. The molecule has 1 aromatic heterocycles. The number of rotatable bonds is 12. The van der Waals surface area contributed by atoms with E-state index in [1.165, 1.54) is 25.7 Å². The highest BCUT2D eigenvalue weighted by Gasteiger charge is 2.21. The van der Waals surface area contributed by atoms with Crippen LogP contribution in [0.1, 0.15) is 25.7 Å². The van der Waals surface area contributed by atoms with E-state index in [0.717, 1.165) is 73.6 Å². The molecule has 43 heavy (non-hydrogen) atoms. The average molecular weight is 688 g/mol. The van der Waals surface area contributed by atoms with Crippen molar-refractivity contribution in [3.05, 3.63) is 59.1 Å². The fourth-order valence-electron chi connectivity index (χ4n) is 5.17. The van der Waals surface area contributed by atoms with Crippen LogP contribution in [0.2, 0.25) is 0 Å². The topological polar surface area (TPSA) is 106 Å². The first kappa shape index (κ1) is 31.4. The normalized spacial score (nSPS) is 15.2. The summed E-state index contributed by atoms with van der Waals surface area (Å²) in [5.74, 6) is 2.74. The van der Waals surface area contributed by atoms with Crippen molar-refractivity contribution in [3.63, 3.8) is 0 Å². The Morgan fingerprint density at radius 2 is 1.47 bits per heavy atom. The highest BCUT2D eigenvalue weighted by Crippen LogP contribution is 2.26. The lowest BCUT2D eigenvalue weighted by molar-refractivity contribution is 0.352. The number of hydrogen-bond donors (Lipinski definition) is 3. The molecule has 230 valence electrons. The fourth-order valence-corrected chi connectivity index (χ4v) is 6.91. The predicted molar refractivity (Wildman–Crippen MR) is 181 cm³/mol. The third-order valence-corrected chi connectivity index (χ3v) is 10.2. The number of nitrogens with zero attached hydrogens (tertiary/aromatic N) is 5. The minimum absolute atomic E-state index is 0.232. The molecule has 2 aliphatic heterocycles. The number of likely N-dealkylation sites (N-methyl/N-ethyl adjacent to an activating group) is 1. The van der Waals surface area contributed by atoms with Gasteiger partial charge in [-0.2, -0.15) is 9.97 Å². The van der Waals surface area contributed by atoms with E-state index in [1.54, 1.807) is 48.5 Å². The van der Waals surface area contributed by atoms with Crippen molar-refractivity contribution in [1.82, 2.24) is 20.2 Å². The lowest BCUT2D eigenvalue weighted by Crippen LogP contribution is -2.36. The van der Waals surface area contributed by atoms with E-state index in [0.29, 0.717) is 11.7 Å². The Kier molecular flexibility index (Phi) is 10.7. The molecule has 2 saturated heterocycles. The van der Waals surface area contributed by atoms with E-state index < -0.39 is 9.84 Å². The minimum atomic E-state index is -3.58. The van der Waals surface area contributed by atoms with Crippen molar-refractivity contribution in [1.29, 1.82) is 0 Å². The Bertz CT molecular complexity index is 1440. The highest BCUT2D eigenvalue weighted by molar-refractivity contribution is 9.10. The monoisotopic (exact) mass is 686 g/mol. The summed E-state index contributed by atoms with van der Waals surface area (Å²) in [5, 5.41) is 10.4. The van der Waals surface area contributed by atoms with Crippen molar-refractivity contribution in [2.24, 2.45) is 0 Å². The van der Waals surface area contributed by atoms with Crippen LogP contribution in [0.25, 0.3) is 0 Å². The van der Waals surface area contributed by atoms with E-state index >= 15 is 0 Å². The number of hydrogen-bond acceptors (Lipinski definition) is 9. The van der Waals surface area contributed by atoms with E-state index in [9.17, 15) is 8.42 Å². The summed E-state index contributed by atoms with van der Waals surface area (Å²) in [5.41, 5.74) is 0.719. The van der Waals surface area contributed by atoms with Crippen molar-refractivity contribution < 1.29 is 8.42 Å². The first-order valence-corrected chi connectivity index (χ1v) is 17.4. The molecular formula is C30H39BrN8O2S2. The lowest BCUT2D eigenvalue weighted by atomic mass is 10.3. The first-order valence-electron chi connectivity index (χ1n) is 14.7. The second-order valence-electron chi connectivity index (χ2n) is 10.9. The molecule has 13 heteroatoms. The van der Waals surface area contributed by atoms with Crippen molar-refractivity contribution in [3.8, 4) is 0 Å². The van der Waals surface area contributed by atoms with E-state index in [2.05, 4.69) is 59.7 Å². The molecule has 3 N–H and O–H groups in total. The van der Waals surface area contributed by atoms with Crippen molar-refractivity contribution >= 4 is 66.4 Å². The molecule has 3 aromatic rings. The van der Waals surface area contributed by atoms with E-state index in [4.69, 9.17) is 22.2 Å². The Morgan fingerprint density at radius 1 is 0.884 bits per heavy atom. The molecule has 3 heterocycles. The molecule has 5 rings (SSSR count). The number of benzene rings is 2. The largest absolute Gasteiger partial charge is 0.369 e. The predicted octanol–water partition coefficient (Wildman–Crippen LogP) is 4.60. The van der Waals surface area contributed by atoms with Crippen LogP contribution >= 0.6 is 28.1 Å². The van der Waals surface area contributed by atoms with Gasteiger partial charge < -0.3 is 30.7 Å². The summed E-state index contributed by atoms with van der Waals surface area (Å²) >= 11 is 8.79. The van der Waals surface area contributed by atoms with Gasteiger partial charge in [0, 0.05) is 68.6 Å². The maximum atomic E-state index is 12.9. The molecule has 2 aromatic carbocycles. The smallest absolute Gasteiger partial charge is 0.229 e. The highest BCUT2D eigenvalue weighted by atomic mass is 79.9. The second-order valence-corrected chi connectivity index (χ2v) is 14.2. The average Bonchev–Trinajstić information content (AvgIpc) is 3.73. The molecule has 0 bridgehead atoms. The van der Waals surface area contributed by atoms with Gasteiger partial charge in [-0.25, -0.2) is 8.42 Å². The van der Waals surface area contributed by atoms with Crippen LogP contribution in [-0.4, -0.2) is 87.8 Å². The third kappa shape index (κ3) is 8.55. The quantitative estimate of drug-likeness (QED) is 0.233. The van der Waals surface area contributed by atoms with Gasteiger partial charge in [0.1, 0.15) is 11.6 Å². The maximum absolute atomic E-state index is 12.9. The molecule has 2 fully saturated rings. The van der Waals surface area contributed by atoms with Crippen LogP contribution in [-0.2, 0) is 9.84 Å². The van der Waals surface area contributed by atoms with Crippen LogP contribution < -0.4 is 25.8 Å². The Balaban J connectivity index is 1.05. The zero-order valence-electron chi connectivity index (χ0n) is 24.4. The molecule has 0 unspecified atom stereocenters. The van der Waals surface area contributed by atoms with Crippen LogP contribution in [0.15, 0.2) is 68.9 Å². The molecule has 2 aliphatic rings. The second kappa shape index (κ2) is 14.7. The summed E-state index contributed by atoms with van der Waals surface area (Å²) in [4.78, 5) is 17.1. The molecule has 0 amide bonds. The SMILES string of the molecule is CN(CCNC(=S)Nc1ccc(S(=O)(=O)c2ccc(Br)cc2)cc1)CCNc1cc(N2CCCC2)nc(N2CCCC2)n1. The van der Waals surface area contributed by atoms with Gasteiger partial charge in [-0.1, -0.05) is 15.9 Å². The number of aromatic nitrogens is 2. The zero-order chi connectivity index (χ0) is 30.2. The van der Waals surface area contributed by atoms with Crippen LogP contribution in [0.5, 0.6) is 0 Å². The van der Waals surface area contributed by atoms with Gasteiger partial charge in [-0.05, 0) is 93.5 Å². The lowest BCUT2D eigenvalue weighted by Gasteiger charge is -2.22. The summed E-state index contributed by atoms with van der Waals surface area (Å²) in [7, 11) is -1.50. The molecule has 0 aliphatic carbocycles. The standard InChI is InChI=1S/C30H39BrN8O2S2/c1-37(20-14-32-27-22-28(38-16-2-3-17-38)36-29(35-27)39-18-4-5-19-39)21-15-33-30(42)34-24-8-12-26(13-9-24)43(40,41)25-10-6-23(31)7-11-25/h6-13,22H,2-5,14-21H2,1H3,(H,32,35,36)(H2,33,34,42). The summed E-state index contributed by atoms with van der Waals surface area (Å²) in [6.45, 7) is 7.25. The van der Waals surface area contributed by atoms with Gasteiger partial charge in [0.2, 0.25) is 15.8 Å². The van der Waals surface area contributed by atoms with Crippen molar-refractivity contribution in [2.45, 2.75) is 35.5 Å². The Labute approximate surface area is 268 Å². The Morgan fingerprint density at radius 3 is 2.12 bits per heavy atom. The Hall–Kier alpha value is -3.00. The van der Waals surface area contributed by atoms with Gasteiger partial charge in [0.05, 0.1) is 9.79 Å². The molecule has 0 spiro atoms. The molecule has 0 saturated carbocycles. The van der Waals surface area contributed by atoms with Crippen LogP contribution in [0.4, 0.5) is 23.3 Å². The number of sulfone groups is 1. The summed E-state index contributed by atoms with van der Waals surface area (Å²) < 4.78 is 26.6. The third-order valence-electron chi connectivity index (χ3n) is 7.64. The minimum Gasteiger partial charge on any atom is -0.369 e. The van der Waals surface area contributed by atoms with Gasteiger partial charge >= 0.3 is 0 Å². The van der Waals surface area contributed by atoms with E-state index in [-0.39, 0.29) is 9.79 Å². The molecule has 0 radical (unpaired) electrons. The molecular weight excluding hydrogens is 648 g/mol. The summed E-state index contributed by atoms with van der Waals surface area (Å²) in [6.07, 6.45) is 4.82. The van der Waals surface area contributed by atoms with Crippen molar-refractivity contribution in [2.75, 3.05) is 79.8 Å². The van der Waals surface area contributed by atoms with Crippen LogP contribution in [0.3, 0.4) is 0 Å². The first-order chi connectivity index (χ1) is 20.8. The maximum Gasteiger partial charge on any atom is 0.229 e. The number of halogens is 1. The number of anilines is 4. The zero-order valence-corrected chi connectivity index (χ0v) is 27.6. The van der Waals surface area contributed by atoms with Gasteiger partial charge in [-0.3, -0.25) is 0 Å².